The van der Waals surface area contributed by atoms with E-state index >= 15 is 0 Å². The SMILES string of the molecule is CCCN(CC)CCNc1nc(NCC)nc2nc[nH]c12. The topological polar surface area (TPSA) is 81.8 Å². The third-order valence-electron chi connectivity index (χ3n) is 3.33. The van der Waals surface area contributed by atoms with Crippen LogP contribution in [0.2, 0.25) is 0 Å². The number of hydrogen-bond donors (Lipinski definition) is 3. The number of imidazole rings is 1. The van der Waals surface area contributed by atoms with Gasteiger partial charge in [0, 0.05) is 19.6 Å². The summed E-state index contributed by atoms with van der Waals surface area (Å²) < 4.78 is 0. The first-order chi connectivity index (χ1) is 10.3. The van der Waals surface area contributed by atoms with Crippen LogP contribution in [-0.4, -0.2) is 57.6 Å². The Morgan fingerprint density at radius 1 is 1.14 bits per heavy atom. The van der Waals surface area contributed by atoms with E-state index in [9.17, 15) is 0 Å². The van der Waals surface area contributed by atoms with Crippen molar-refractivity contribution in [3.8, 4) is 0 Å². The van der Waals surface area contributed by atoms with Gasteiger partial charge >= 0.3 is 0 Å². The molecular formula is C14H25N7. The molecule has 0 aliphatic carbocycles. The van der Waals surface area contributed by atoms with Gasteiger partial charge in [-0.3, -0.25) is 0 Å². The molecule has 2 aromatic heterocycles. The molecule has 0 aromatic carbocycles. The number of anilines is 2. The standard InChI is InChI=1S/C14H25N7/c1-4-8-21(6-3)9-7-16-12-11-13(18-10-17-11)20-14(19-12)15-5-2/h10H,4-9H2,1-3H3,(H3,15,16,17,18,19,20). The van der Waals surface area contributed by atoms with Crippen LogP contribution in [0.25, 0.3) is 11.2 Å². The Hall–Kier alpha value is -1.89. The summed E-state index contributed by atoms with van der Waals surface area (Å²) in [6.07, 6.45) is 2.83. The van der Waals surface area contributed by atoms with Crippen LogP contribution in [0, 0.1) is 0 Å². The van der Waals surface area contributed by atoms with Gasteiger partial charge in [-0.05, 0) is 26.4 Å². The third-order valence-corrected chi connectivity index (χ3v) is 3.33. The Kier molecular flexibility index (Phi) is 5.74. The third kappa shape index (κ3) is 4.04. The first kappa shape index (κ1) is 15.5. The highest BCUT2D eigenvalue weighted by Gasteiger charge is 2.09. The first-order valence-electron chi connectivity index (χ1n) is 7.69. The highest BCUT2D eigenvalue weighted by molar-refractivity contribution is 5.83. The van der Waals surface area contributed by atoms with Crippen molar-refractivity contribution in [3.05, 3.63) is 6.33 Å². The van der Waals surface area contributed by atoms with Crippen LogP contribution in [0.4, 0.5) is 11.8 Å². The summed E-state index contributed by atoms with van der Waals surface area (Å²) in [4.78, 5) is 18.6. The van der Waals surface area contributed by atoms with Crippen LogP contribution in [0.3, 0.4) is 0 Å². The molecule has 0 spiro atoms. The van der Waals surface area contributed by atoms with Crippen molar-refractivity contribution in [1.29, 1.82) is 0 Å². The number of fused-ring (bicyclic) bond motifs is 1. The summed E-state index contributed by atoms with van der Waals surface area (Å²) in [5, 5.41) is 6.53. The van der Waals surface area contributed by atoms with E-state index < -0.39 is 0 Å². The number of hydrogen-bond acceptors (Lipinski definition) is 6. The van der Waals surface area contributed by atoms with Gasteiger partial charge in [-0.25, -0.2) is 4.98 Å². The highest BCUT2D eigenvalue weighted by Crippen LogP contribution is 2.18. The van der Waals surface area contributed by atoms with Gasteiger partial charge < -0.3 is 20.5 Å². The molecule has 7 nitrogen and oxygen atoms in total. The summed E-state index contributed by atoms with van der Waals surface area (Å²) in [5.74, 6) is 1.42. The van der Waals surface area contributed by atoms with E-state index in [1.807, 2.05) is 6.92 Å². The minimum Gasteiger partial charge on any atom is -0.367 e. The average molecular weight is 291 g/mol. The molecule has 0 amide bonds. The van der Waals surface area contributed by atoms with E-state index in [-0.39, 0.29) is 0 Å². The zero-order valence-corrected chi connectivity index (χ0v) is 13.1. The molecule has 0 saturated heterocycles. The summed E-state index contributed by atoms with van der Waals surface area (Å²) >= 11 is 0. The second-order valence-corrected chi connectivity index (χ2v) is 4.89. The molecule has 0 saturated carbocycles. The predicted molar refractivity (Wildman–Crippen MR) is 86.7 cm³/mol. The van der Waals surface area contributed by atoms with Gasteiger partial charge in [-0.2, -0.15) is 9.97 Å². The van der Waals surface area contributed by atoms with Crippen molar-refractivity contribution >= 4 is 22.9 Å². The molecule has 0 radical (unpaired) electrons. The summed E-state index contributed by atoms with van der Waals surface area (Å²) in [6.45, 7) is 11.3. The maximum atomic E-state index is 4.51. The monoisotopic (exact) mass is 291 g/mol. The van der Waals surface area contributed by atoms with Gasteiger partial charge in [0.1, 0.15) is 5.52 Å². The number of nitrogens with one attached hydrogen (secondary N) is 3. The molecule has 0 unspecified atom stereocenters. The second-order valence-electron chi connectivity index (χ2n) is 4.89. The minimum atomic E-state index is 0.612. The van der Waals surface area contributed by atoms with Gasteiger partial charge in [0.15, 0.2) is 11.5 Å². The van der Waals surface area contributed by atoms with Gasteiger partial charge in [0.25, 0.3) is 0 Å². The Morgan fingerprint density at radius 2 is 2.00 bits per heavy atom. The van der Waals surface area contributed by atoms with E-state index in [2.05, 4.69) is 49.3 Å². The van der Waals surface area contributed by atoms with E-state index in [1.54, 1.807) is 6.33 Å². The van der Waals surface area contributed by atoms with E-state index in [1.165, 1.54) is 6.42 Å². The van der Waals surface area contributed by atoms with Crippen LogP contribution in [0.1, 0.15) is 27.2 Å². The number of nitrogens with zero attached hydrogens (tertiary/aromatic N) is 4. The molecule has 0 fully saturated rings. The van der Waals surface area contributed by atoms with Crippen LogP contribution in [0.5, 0.6) is 0 Å². The minimum absolute atomic E-state index is 0.612. The van der Waals surface area contributed by atoms with Crippen molar-refractivity contribution in [1.82, 2.24) is 24.8 Å². The molecule has 21 heavy (non-hydrogen) atoms. The van der Waals surface area contributed by atoms with Gasteiger partial charge in [-0.1, -0.05) is 13.8 Å². The molecule has 0 bridgehead atoms. The first-order valence-corrected chi connectivity index (χ1v) is 7.69. The molecular weight excluding hydrogens is 266 g/mol. The lowest BCUT2D eigenvalue weighted by atomic mass is 10.4. The fourth-order valence-corrected chi connectivity index (χ4v) is 2.27. The highest BCUT2D eigenvalue weighted by atomic mass is 15.2. The fourth-order valence-electron chi connectivity index (χ4n) is 2.27. The maximum Gasteiger partial charge on any atom is 0.226 e. The molecule has 2 aromatic rings. The number of aromatic nitrogens is 4. The quantitative estimate of drug-likeness (QED) is 0.655. The molecule has 3 N–H and O–H groups in total. The molecule has 0 aliphatic rings. The fraction of sp³-hybridized carbons (Fsp3) is 0.643. The number of aromatic amines is 1. The number of likely N-dealkylation sites (N-methyl/N-ethyl adjacent to an activating group) is 1. The van der Waals surface area contributed by atoms with Crippen LogP contribution in [-0.2, 0) is 0 Å². The Balaban J connectivity index is 2.04. The summed E-state index contributed by atoms with van der Waals surface area (Å²) in [6, 6.07) is 0. The molecule has 116 valence electrons. The van der Waals surface area contributed by atoms with Crippen LogP contribution >= 0.6 is 0 Å². The zero-order chi connectivity index (χ0) is 15.1. The molecule has 0 aliphatic heterocycles. The molecule has 0 atom stereocenters. The van der Waals surface area contributed by atoms with Gasteiger partial charge in [0.05, 0.1) is 6.33 Å². The largest absolute Gasteiger partial charge is 0.367 e. The second kappa shape index (κ2) is 7.78. The van der Waals surface area contributed by atoms with Gasteiger partial charge in [0.2, 0.25) is 5.95 Å². The molecule has 2 rings (SSSR count). The average Bonchev–Trinajstić information content (AvgIpc) is 2.95. The summed E-state index contributed by atoms with van der Waals surface area (Å²) in [7, 11) is 0. The van der Waals surface area contributed by atoms with Crippen molar-refractivity contribution in [2.45, 2.75) is 27.2 Å². The van der Waals surface area contributed by atoms with Crippen molar-refractivity contribution < 1.29 is 0 Å². The smallest absolute Gasteiger partial charge is 0.226 e. The Morgan fingerprint density at radius 3 is 2.71 bits per heavy atom. The predicted octanol–water partition coefficient (Wildman–Crippen LogP) is 1.93. The maximum absolute atomic E-state index is 4.51. The lowest BCUT2D eigenvalue weighted by Crippen LogP contribution is -2.29. The normalized spacial score (nSPS) is 11.2. The Bertz CT molecular complexity index is 551. The van der Waals surface area contributed by atoms with Crippen molar-refractivity contribution in [2.24, 2.45) is 0 Å². The van der Waals surface area contributed by atoms with Crippen LogP contribution in [0.15, 0.2) is 6.33 Å². The lowest BCUT2D eigenvalue weighted by molar-refractivity contribution is 0.300. The molecule has 7 heteroatoms. The van der Waals surface area contributed by atoms with Crippen LogP contribution < -0.4 is 10.6 Å². The zero-order valence-electron chi connectivity index (χ0n) is 13.1. The number of rotatable bonds is 9. The summed E-state index contributed by atoms with van der Waals surface area (Å²) in [5.41, 5.74) is 1.54. The Labute approximate surface area is 125 Å². The van der Waals surface area contributed by atoms with Crippen molar-refractivity contribution in [2.75, 3.05) is 43.4 Å². The van der Waals surface area contributed by atoms with E-state index in [0.717, 1.165) is 44.1 Å². The van der Waals surface area contributed by atoms with Crippen molar-refractivity contribution in [3.63, 3.8) is 0 Å². The van der Waals surface area contributed by atoms with E-state index in [0.29, 0.717) is 11.6 Å². The lowest BCUT2D eigenvalue weighted by Gasteiger charge is -2.19. The van der Waals surface area contributed by atoms with E-state index in [4.69, 9.17) is 0 Å². The van der Waals surface area contributed by atoms with Gasteiger partial charge in [-0.15, -0.1) is 0 Å². The molecule has 2 heterocycles. The number of H-pyrrole nitrogens is 1.